The van der Waals surface area contributed by atoms with Crippen LogP contribution in [0.3, 0.4) is 0 Å². The minimum Gasteiger partial charge on any atom is -0.377 e. The van der Waals surface area contributed by atoms with Crippen LogP contribution in [0.1, 0.15) is 16.2 Å². The number of aromatic nitrogens is 4. The standard InChI is InChI=1S/C24H22ClFN6O2/c1-34-15-21-28-22(18-14-27-32(23(18)29-21)20-5-3-2-4-19(20)25)30-10-12-31(13-11-30)24(33)16-6-8-17(26)9-7-16/h2-9,14H,10-13,15H2,1H3. The van der Waals surface area contributed by atoms with Crippen LogP contribution in [0.4, 0.5) is 10.2 Å². The molecule has 0 radical (unpaired) electrons. The number of carbonyl (C=O) groups is 1. The Morgan fingerprint density at radius 2 is 1.79 bits per heavy atom. The van der Waals surface area contributed by atoms with Crippen molar-refractivity contribution in [3.8, 4) is 5.69 Å². The number of hydrogen-bond acceptors (Lipinski definition) is 6. The second-order valence-electron chi connectivity index (χ2n) is 7.93. The summed E-state index contributed by atoms with van der Waals surface area (Å²) < 4.78 is 20.2. The van der Waals surface area contributed by atoms with E-state index >= 15 is 0 Å². The molecule has 5 rings (SSSR count). The number of rotatable bonds is 5. The molecule has 4 aromatic rings. The van der Waals surface area contributed by atoms with E-state index in [9.17, 15) is 9.18 Å². The molecule has 1 saturated heterocycles. The predicted octanol–water partition coefficient (Wildman–Crippen LogP) is 3.72. The Labute approximate surface area is 200 Å². The Kier molecular flexibility index (Phi) is 6.12. The minimum atomic E-state index is -0.363. The van der Waals surface area contributed by atoms with Gasteiger partial charge >= 0.3 is 0 Å². The maximum Gasteiger partial charge on any atom is 0.253 e. The van der Waals surface area contributed by atoms with Crippen molar-refractivity contribution < 1.29 is 13.9 Å². The van der Waals surface area contributed by atoms with E-state index < -0.39 is 0 Å². The lowest BCUT2D eigenvalue weighted by atomic mass is 10.1. The Bertz CT molecular complexity index is 1340. The van der Waals surface area contributed by atoms with E-state index in [0.717, 1.165) is 16.9 Å². The zero-order chi connectivity index (χ0) is 23.7. The molecule has 0 aliphatic carbocycles. The Morgan fingerprint density at radius 1 is 1.06 bits per heavy atom. The largest absolute Gasteiger partial charge is 0.377 e. The maximum absolute atomic E-state index is 13.2. The minimum absolute atomic E-state index is 0.112. The van der Waals surface area contributed by atoms with E-state index in [2.05, 4.69) is 15.0 Å². The molecule has 1 amide bonds. The fraction of sp³-hybridized carbons (Fsp3) is 0.250. The van der Waals surface area contributed by atoms with Crippen LogP contribution in [0.5, 0.6) is 0 Å². The SMILES string of the molecule is COCc1nc(N2CCN(C(=O)c3ccc(F)cc3)CC2)c2cnn(-c3ccccc3Cl)c2n1. The second-order valence-corrected chi connectivity index (χ2v) is 8.33. The fourth-order valence-corrected chi connectivity index (χ4v) is 4.28. The Hall–Kier alpha value is -3.56. The third-order valence-electron chi connectivity index (χ3n) is 5.77. The van der Waals surface area contributed by atoms with Crippen molar-refractivity contribution in [2.45, 2.75) is 6.61 Å². The zero-order valence-electron chi connectivity index (χ0n) is 18.5. The predicted molar refractivity (Wildman–Crippen MR) is 127 cm³/mol. The summed E-state index contributed by atoms with van der Waals surface area (Å²) in [6, 6.07) is 13.1. The van der Waals surface area contributed by atoms with Crippen LogP contribution < -0.4 is 4.90 Å². The van der Waals surface area contributed by atoms with E-state index in [1.807, 2.05) is 18.2 Å². The van der Waals surface area contributed by atoms with E-state index in [4.69, 9.17) is 21.3 Å². The van der Waals surface area contributed by atoms with Gasteiger partial charge in [-0.1, -0.05) is 23.7 Å². The normalized spacial score (nSPS) is 14.1. The van der Waals surface area contributed by atoms with E-state index in [1.165, 1.54) is 24.3 Å². The van der Waals surface area contributed by atoms with Crippen molar-refractivity contribution in [1.82, 2.24) is 24.6 Å². The smallest absolute Gasteiger partial charge is 0.253 e. The summed E-state index contributed by atoms with van der Waals surface area (Å²) in [7, 11) is 1.60. The van der Waals surface area contributed by atoms with Gasteiger partial charge in [-0.15, -0.1) is 0 Å². The molecule has 1 aliphatic heterocycles. The number of methoxy groups -OCH3 is 1. The topological polar surface area (TPSA) is 76.4 Å². The number of carbonyl (C=O) groups excluding carboxylic acids is 1. The van der Waals surface area contributed by atoms with Gasteiger partial charge in [0.15, 0.2) is 11.5 Å². The summed E-state index contributed by atoms with van der Waals surface area (Å²) in [5, 5.41) is 5.89. The van der Waals surface area contributed by atoms with Crippen LogP contribution in [-0.2, 0) is 11.3 Å². The van der Waals surface area contributed by atoms with Gasteiger partial charge in [0.2, 0.25) is 0 Å². The molecule has 0 spiro atoms. The molecule has 0 atom stereocenters. The molecule has 174 valence electrons. The monoisotopic (exact) mass is 480 g/mol. The summed E-state index contributed by atoms with van der Waals surface area (Å²) in [6.45, 7) is 2.45. The number of para-hydroxylation sites is 1. The molecule has 34 heavy (non-hydrogen) atoms. The van der Waals surface area contributed by atoms with Gasteiger partial charge in [-0.3, -0.25) is 4.79 Å². The van der Waals surface area contributed by atoms with Crippen LogP contribution in [0, 0.1) is 5.82 Å². The molecule has 8 nitrogen and oxygen atoms in total. The molecule has 10 heteroatoms. The first kappa shape index (κ1) is 22.2. The Balaban J connectivity index is 1.44. The van der Waals surface area contributed by atoms with Crippen molar-refractivity contribution in [1.29, 1.82) is 0 Å². The highest BCUT2D eigenvalue weighted by Crippen LogP contribution is 2.29. The molecule has 0 saturated carbocycles. The molecule has 2 aromatic heterocycles. The number of anilines is 1. The fourth-order valence-electron chi connectivity index (χ4n) is 4.07. The van der Waals surface area contributed by atoms with Crippen molar-refractivity contribution in [3.63, 3.8) is 0 Å². The maximum atomic E-state index is 13.2. The van der Waals surface area contributed by atoms with Gasteiger partial charge in [-0.05, 0) is 36.4 Å². The van der Waals surface area contributed by atoms with Gasteiger partial charge in [-0.25, -0.2) is 19.0 Å². The quantitative estimate of drug-likeness (QED) is 0.433. The van der Waals surface area contributed by atoms with Gasteiger partial charge in [0, 0.05) is 38.9 Å². The summed E-state index contributed by atoms with van der Waals surface area (Å²) >= 11 is 6.41. The molecule has 0 N–H and O–H groups in total. The number of fused-ring (bicyclic) bond motifs is 1. The first-order valence-corrected chi connectivity index (χ1v) is 11.2. The van der Waals surface area contributed by atoms with Crippen LogP contribution in [0.2, 0.25) is 5.02 Å². The number of nitrogens with zero attached hydrogens (tertiary/aromatic N) is 6. The highest BCUT2D eigenvalue weighted by Gasteiger charge is 2.26. The van der Waals surface area contributed by atoms with Crippen LogP contribution >= 0.6 is 11.6 Å². The average molecular weight is 481 g/mol. The van der Waals surface area contributed by atoms with Crippen molar-refractivity contribution in [3.05, 3.63) is 77.0 Å². The molecule has 1 fully saturated rings. The van der Waals surface area contributed by atoms with Gasteiger partial charge in [0.25, 0.3) is 5.91 Å². The van der Waals surface area contributed by atoms with Gasteiger partial charge in [0.05, 0.1) is 22.3 Å². The number of benzene rings is 2. The molecule has 1 aliphatic rings. The Morgan fingerprint density at radius 3 is 2.50 bits per heavy atom. The number of ether oxygens (including phenoxy) is 1. The molecule has 2 aromatic carbocycles. The first-order valence-electron chi connectivity index (χ1n) is 10.8. The van der Waals surface area contributed by atoms with Gasteiger partial charge in [-0.2, -0.15) is 5.10 Å². The van der Waals surface area contributed by atoms with Crippen LogP contribution in [0.15, 0.2) is 54.7 Å². The molecule has 0 bridgehead atoms. The van der Waals surface area contributed by atoms with Crippen LogP contribution in [-0.4, -0.2) is 63.8 Å². The molecule has 3 heterocycles. The third-order valence-corrected chi connectivity index (χ3v) is 6.09. The zero-order valence-corrected chi connectivity index (χ0v) is 19.2. The number of amides is 1. The summed E-state index contributed by atoms with van der Waals surface area (Å²) in [5.41, 5.74) is 1.83. The molecular formula is C24H22ClFN6O2. The lowest BCUT2D eigenvalue weighted by Gasteiger charge is -2.35. The number of halogens is 2. The second kappa shape index (κ2) is 9.36. The third kappa shape index (κ3) is 4.20. The lowest BCUT2D eigenvalue weighted by Crippen LogP contribution is -2.49. The summed E-state index contributed by atoms with van der Waals surface area (Å²) in [6.07, 6.45) is 1.74. The van der Waals surface area contributed by atoms with Crippen molar-refractivity contribution in [2.24, 2.45) is 0 Å². The van der Waals surface area contributed by atoms with Crippen molar-refractivity contribution in [2.75, 3.05) is 38.2 Å². The highest BCUT2D eigenvalue weighted by molar-refractivity contribution is 6.32. The molecule has 0 unspecified atom stereocenters. The van der Waals surface area contributed by atoms with Crippen LogP contribution in [0.25, 0.3) is 16.7 Å². The summed E-state index contributed by atoms with van der Waals surface area (Å²) in [4.78, 5) is 26.1. The van der Waals surface area contributed by atoms with E-state index in [0.29, 0.717) is 48.2 Å². The first-order chi connectivity index (χ1) is 16.5. The molecular weight excluding hydrogens is 459 g/mol. The van der Waals surface area contributed by atoms with Crippen molar-refractivity contribution >= 4 is 34.4 Å². The van der Waals surface area contributed by atoms with Gasteiger partial charge in [0.1, 0.15) is 18.2 Å². The average Bonchev–Trinajstić information content (AvgIpc) is 3.28. The van der Waals surface area contributed by atoms with Gasteiger partial charge < -0.3 is 14.5 Å². The van der Waals surface area contributed by atoms with E-state index in [-0.39, 0.29) is 18.3 Å². The lowest BCUT2D eigenvalue weighted by molar-refractivity contribution is 0.0746. The highest BCUT2D eigenvalue weighted by atomic mass is 35.5. The number of hydrogen-bond donors (Lipinski definition) is 0. The number of piperazine rings is 1. The summed E-state index contributed by atoms with van der Waals surface area (Å²) in [5.74, 6) is 0.797. The van der Waals surface area contributed by atoms with E-state index in [1.54, 1.807) is 29.0 Å².